The number of hydrogen-bond donors (Lipinski definition) is 1. The normalized spacial score (nSPS) is 10.0. The summed E-state index contributed by atoms with van der Waals surface area (Å²) in [4.78, 5) is 24.8. The third-order valence-corrected chi connectivity index (χ3v) is 3.22. The maximum atomic E-state index is 11.5. The van der Waals surface area contributed by atoms with Gasteiger partial charge in [-0.3, -0.25) is 0 Å². The predicted molar refractivity (Wildman–Crippen MR) is 81.1 cm³/mol. The second-order valence-corrected chi connectivity index (χ2v) is 4.93. The highest BCUT2D eigenvalue weighted by Gasteiger charge is 2.04. The summed E-state index contributed by atoms with van der Waals surface area (Å²) < 4.78 is 9.15. The maximum absolute atomic E-state index is 11.5. The topological polar surface area (TPSA) is 76.6 Å². The first kappa shape index (κ1) is 17.9. The highest BCUT2D eigenvalue weighted by atomic mass is 16.5. The summed E-state index contributed by atoms with van der Waals surface area (Å²) in [6, 6.07) is 0. The molecule has 1 N–H and O–H groups in total. The van der Waals surface area contributed by atoms with Crippen molar-refractivity contribution in [2.24, 2.45) is 4.99 Å². The number of aromatic nitrogens is 2. The van der Waals surface area contributed by atoms with Crippen molar-refractivity contribution in [3.05, 3.63) is 18.7 Å². The molecule has 1 heterocycles. The molecule has 0 aliphatic rings. The van der Waals surface area contributed by atoms with Crippen molar-refractivity contribution >= 4 is 12.2 Å². The maximum Gasteiger partial charge on any atom is 0.407 e. The monoisotopic (exact) mass is 309 g/mol. The lowest BCUT2D eigenvalue weighted by molar-refractivity contribution is -0.697. The van der Waals surface area contributed by atoms with E-state index in [0.29, 0.717) is 26.2 Å². The molecule has 7 heteroatoms. The Hall–Kier alpha value is -2.14. The molecule has 0 saturated heterocycles. The zero-order valence-corrected chi connectivity index (χ0v) is 13.2. The minimum Gasteiger partial charge on any atom is -0.445 e. The number of aliphatic imine (C=N–C) groups is 1. The molecule has 1 aromatic rings. The summed E-state index contributed by atoms with van der Waals surface area (Å²) in [6.07, 6.45) is 10.8. The molecule has 22 heavy (non-hydrogen) atoms. The molecule has 0 aliphatic carbocycles. The molecule has 0 radical (unpaired) electrons. The fraction of sp³-hybridized carbons (Fsp3) is 0.667. The van der Waals surface area contributed by atoms with Gasteiger partial charge in [0.15, 0.2) is 0 Å². The number of unbranched alkanes of at least 4 members (excludes halogenated alkanes) is 3. The summed E-state index contributed by atoms with van der Waals surface area (Å²) >= 11 is 0. The quantitative estimate of drug-likeness (QED) is 0.291. The van der Waals surface area contributed by atoms with Gasteiger partial charge in [-0.15, -0.1) is 0 Å². The zero-order valence-electron chi connectivity index (χ0n) is 13.2. The number of alkyl carbamates (subject to hydrolysis) is 1. The van der Waals surface area contributed by atoms with Crippen molar-refractivity contribution in [3.8, 4) is 0 Å². The van der Waals surface area contributed by atoms with E-state index in [9.17, 15) is 9.59 Å². The van der Waals surface area contributed by atoms with E-state index in [1.807, 2.05) is 23.3 Å². The van der Waals surface area contributed by atoms with Crippen LogP contribution in [0.1, 0.15) is 32.6 Å². The average molecular weight is 309 g/mol. The fourth-order valence-electron chi connectivity index (χ4n) is 1.96. The number of aryl methyl sites for hydroxylation is 1. The Labute approximate surface area is 131 Å². The molecule has 7 nitrogen and oxygen atoms in total. The molecule has 122 valence electrons. The van der Waals surface area contributed by atoms with Crippen LogP contribution in [-0.2, 0) is 22.6 Å². The molecule has 0 saturated carbocycles. The van der Waals surface area contributed by atoms with Gasteiger partial charge in [-0.25, -0.2) is 23.7 Å². The first-order chi connectivity index (χ1) is 10.8. The molecule has 0 unspecified atom stereocenters. The SMILES string of the molecule is CCn1cc[n+](CCOC(=O)NCCCCCCN=C=O)c1. The Bertz CT molecular complexity index is 481. The van der Waals surface area contributed by atoms with Gasteiger partial charge in [0, 0.05) is 6.54 Å². The molecule has 0 fully saturated rings. The molecular weight excluding hydrogens is 284 g/mol. The van der Waals surface area contributed by atoms with Gasteiger partial charge in [-0.1, -0.05) is 12.8 Å². The summed E-state index contributed by atoms with van der Waals surface area (Å²) in [5, 5.41) is 2.73. The van der Waals surface area contributed by atoms with Crippen LogP contribution >= 0.6 is 0 Å². The van der Waals surface area contributed by atoms with Crippen LogP contribution < -0.4 is 9.88 Å². The van der Waals surface area contributed by atoms with Crippen molar-refractivity contribution in [1.82, 2.24) is 9.88 Å². The lowest BCUT2D eigenvalue weighted by Crippen LogP contribution is -2.35. The van der Waals surface area contributed by atoms with E-state index in [1.165, 1.54) is 6.08 Å². The summed E-state index contributed by atoms with van der Waals surface area (Å²) in [5.74, 6) is 0. The number of amides is 1. The third-order valence-electron chi connectivity index (χ3n) is 3.22. The number of hydrogen-bond acceptors (Lipinski definition) is 4. The Morgan fingerprint density at radius 3 is 2.91 bits per heavy atom. The van der Waals surface area contributed by atoms with Crippen LogP contribution in [0.3, 0.4) is 0 Å². The van der Waals surface area contributed by atoms with Gasteiger partial charge in [0.05, 0.1) is 13.1 Å². The average Bonchev–Trinajstić information content (AvgIpc) is 2.98. The molecule has 1 rings (SSSR count). The Kier molecular flexibility index (Phi) is 9.37. The highest BCUT2D eigenvalue weighted by Crippen LogP contribution is 1.98. The minimum absolute atomic E-state index is 0.355. The number of carbonyl (C=O) groups excluding carboxylic acids is 2. The van der Waals surface area contributed by atoms with E-state index in [0.717, 1.165) is 32.2 Å². The number of nitrogens with one attached hydrogen (secondary N) is 1. The van der Waals surface area contributed by atoms with Gasteiger partial charge < -0.3 is 10.1 Å². The molecule has 0 spiro atoms. The molecule has 1 aromatic heterocycles. The standard InChI is InChI=1S/C15H24N4O3/c1-2-18-9-10-19(14-18)11-12-22-15(21)17-8-6-4-3-5-7-16-13-20/h9-10,14H,2-8,11-12H2,1H3/p+1. The zero-order chi connectivity index (χ0) is 16.0. The van der Waals surface area contributed by atoms with Crippen molar-refractivity contribution in [2.45, 2.75) is 45.7 Å². The lowest BCUT2D eigenvalue weighted by Gasteiger charge is -2.05. The van der Waals surface area contributed by atoms with Crippen LogP contribution in [0.15, 0.2) is 23.7 Å². The van der Waals surface area contributed by atoms with Crippen molar-refractivity contribution in [1.29, 1.82) is 0 Å². The Morgan fingerprint density at radius 1 is 1.36 bits per heavy atom. The number of carbonyl (C=O) groups is 1. The molecule has 1 amide bonds. The largest absolute Gasteiger partial charge is 0.445 e. The van der Waals surface area contributed by atoms with Crippen LogP contribution in [0.25, 0.3) is 0 Å². The van der Waals surface area contributed by atoms with Crippen molar-refractivity contribution < 1.29 is 18.9 Å². The van der Waals surface area contributed by atoms with Gasteiger partial charge in [0.2, 0.25) is 12.4 Å². The van der Waals surface area contributed by atoms with E-state index in [1.54, 1.807) is 0 Å². The van der Waals surface area contributed by atoms with Crippen LogP contribution in [0.2, 0.25) is 0 Å². The van der Waals surface area contributed by atoms with E-state index < -0.39 is 0 Å². The lowest BCUT2D eigenvalue weighted by atomic mass is 10.2. The van der Waals surface area contributed by atoms with Gasteiger partial charge >= 0.3 is 6.09 Å². The van der Waals surface area contributed by atoms with Crippen LogP contribution in [0, 0.1) is 0 Å². The van der Waals surface area contributed by atoms with Gasteiger partial charge in [0.25, 0.3) is 0 Å². The summed E-state index contributed by atoms with van der Waals surface area (Å²) in [7, 11) is 0. The fourth-order valence-corrected chi connectivity index (χ4v) is 1.96. The van der Waals surface area contributed by atoms with Crippen LogP contribution in [0.5, 0.6) is 0 Å². The van der Waals surface area contributed by atoms with E-state index in [2.05, 4.69) is 21.8 Å². The Morgan fingerprint density at radius 2 is 2.18 bits per heavy atom. The number of imidazole rings is 1. The molecule has 0 aliphatic heterocycles. The van der Waals surface area contributed by atoms with Gasteiger partial charge in [-0.05, 0) is 19.8 Å². The minimum atomic E-state index is -0.374. The van der Waals surface area contributed by atoms with E-state index >= 15 is 0 Å². The van der Waals surface area contributed by atoms with E-state index in [-0.39, 0.29) is 6.09 Å². The third kappa shape index (κ3) is 8.21. The molecule has 0 atom stereocenters. The smallest absolute Gasteiger partial charge is 0.407 e. The summed E-state index contributed by atoms with van der Waals surface area (Å²) in [5.41, 5.74) is 0. The number of isocyanates is 1. The molecule has 0 bridgehead atoms. The number of ether oxygens (including phenoxy) is 1. The van der Waals surface area contributed by atoms with Crippen molar-refractivity contribution in [2.75, 3.05) is 19.7 Å². The highest BCUT2D eigenvalue weighted by molar-refractivity contribution is 5.66. The second-order valence-electron chi connectivity index (χ2n) is 4.93. The molecule has 0 aromatic carbocycles. The molecular formula is C15H25N4O3+. The van der Waals surface area contributed by atoms with Gasteiger partial charge in [-0.2, -0.15) is 0 Å². The van der Waals surface area contributed by atoms with E-state index in [4.69, 9.17) is 4.74 Å². The van der Waals surface area contributed by atoms with Gasteiger partial charge in [0.1, 0.15) is 25.5 Å². The number of rotatable bonds is 11. The summed E-state index contributed by atoms with van der Waals surface area (Å²) in [6.45, 7) is 5.15. The Balaban J connectivity index is 1.96. The predicted octanol–water partition coefficient (Wildman–Crippen LogP) is 1.42. The van der Waals surface area contributed by atoms with Crippen LogP contribution in [0.4, 0.5) is 4.79 Å². The second kappa shape index (κ2) is 11.5. The van der Waals surface area contributed by atoms with Crippen molar-refractivity contribution in [3.63, 3.8) is 0 Å². The first-order valence-electron chi connectivity index (χ1n) is 7.75. The number of nitrogens with zero attached hydrogens (tertiary/aromatic N) is 3. The van der Waals surface area contributed by atoms with Crippen LogP contribution in [-0.4, -0.2) is 36.4 Å². The first-order valence-corrected chi connectivity index (χ1v) is 7.75.